The van der Waals surface area contributed by atoms with E-state index in [1.807, 2.05) is 0 Å². The van der Waals surface area contributed by atoms with Gasteiger partial charge in [0.15, 0.2) is 0 Å². The van der Waals surface area contributed by atoms with Crippen LogP contribution in [-0.4, -0.2) is 74.1 Å². The second-order valence-electron chi connectivity index (χ2n) is 11.4. The highest BCUT2D eigenvalue weighted by atomic mass is 15.1. The van der Waals surface area contributed by atoms with E-state index in [0.717, 1.165) is 23.7 Å². The summed E-state index contributed by atoms with van der Waals surface area (Å²) in [4.78, 5) is 7.99. The van der Waals surface area contributed by atoms with Crippen LogP contribution in [-0.2, 0) is 0 Å². The molecule has 0 heterocycles. The van der Waals surface area contributed by atoms with Gasteiger partial charge in [-0.2, -0.15) is 0 Å². The van der Waals surface area contributed by atoms with E-state index < -0.39 is 0 Å². The molecular weight excluding hydrogens is 366 g/mol. The van der Waals surface area contributed by atoms with Gasteiger partial charge >= 0.3 is 0 Å². The Morgan fingerprint density at radius 2 is 0.667 bits per heavy atom. The average molecular weight is 426 g/mol. The fourth-order valence-corrected chi connectivity index (χ4v) is 3.67. The van der Waals surface area contributed by atoms with Gasteiger partial charge in [-0.05, 0) is 122 Å². The minimum absolute atomic E-state index is 0.809. The van der Waals surface area contributed by atoms with Crippen molar-refractivity contribution in [1.82, 2.24) is 14.7 Å². The molecule has 0 saturated heterocycles. The molecule has 0 spiro atoms. The van der Waals surface area contributed by atoms with Crippen LogP contribution < -0.4 is 0 Å². The van der Waals surface area contributed by atoms with Gasteiger partial charge in [0.05, 0.1) is 0 Å². The van der Waals surface area contributed by atoms with Crippen LogP contribution in [0.4, 0.5) is 0 Å². The quantitative estimate of drug-likeness (QED) is 0.221. The van der Waals surface area contributed by atoms with Crippen molar-refractivity contribution in [3.63, 3.8) is 0 Å². The van der Waals surface area contributed by atoms with Crippen LogP contribution in [0.15, 0.2) is 0 Å². The monoisotopic (exact) mass is 425 g/mol. The van der Waals surface area contributed by atoms with E-state index in [-0.39, 0.29) is 0 Å². The maximum absolute atomic E-state index is 2.72. The SMILES string of the molecule is CC(C)CCN(CCCN(C)CCCN(CCC(C)C)CCC(C)C)CCC(C)C. The summed E-state index contributed by atoms with van der Waals surface area (Å²) in [6, 6.07) is 0. The van der Waals surface area contributed by atoms with Gasteiger partial charge in [-0.3, -0.25) is 0 Å². The molecule has 0 radical (unpaired) electrons. The van der Waals surface area contributed by atoms with E-state index >= 15 is 0 Å². The Balaban J connectivity index is 4.17. The van der Waals surface area contributed by atoms with Gasteiger partial charge < -0.3 is 14.7 Å². The molecular formula is C27H59N3. The first-order valence-corrected chi connectivity index (χ1v) is 13.2. The van der Waals surface area contributed by atoms with E-state index in [1.54, 1.807) is 0 Å². The van der Waals surface area contributed by atoms with Crippen molar-refractivity contribution in [2.45, 2.75) is 93.9 Å². The molecule has 0 aromatic heterocycles. The van der Waals surface area contributed by atoms with Crippen molar-refractivity contribution in [3.8, 4) is 0 Å². The second-order valence-corrected chi connectivity index (χ2v) is 11.4. The van der Waals surface area contributed by atoms with Gasteiger partial charge in [-0.15, -0.1) is 0 Å². The standard InChI is InChI=1S/C27H59N3/c1-24(2)12-20-29(21-13-25(3)4)18-10-16-28(9)17-11-19-30(22-14-26(5)6)23-15-27(7)8/h24-27H,10-23H2,1-9H3. The summed E-state index contributed by atoms with van der Waals surface area (Å²) in [5, 5.41) is 0. The smallest absolute Gasteiger partial charge is 0.000655 e. The third-order valence-electron chi connectivity index (χ3n) is 6.12. The molecule has 0 aromatic carbocycles. The number of rotatable bonds is 20. The lowest BCUT2D eigenvalue weighted by Gasteiger charge is -2.27. The Morgan fingerprint density at radius 1 is 0.400 bits per heavy atom. The first-order valence-electron chi connectivity index (χ1n) is 13.2. The first kappa shape index (κ1) is 29.9. The fourth-order valence-electron chi connectivity index (χ4n) is 3.67. The van der Waals surface area contributed by atoms with Gasteiger partial charge in [0.1, 0.15) is 0 Å². The van der Waals surface area contributed by atoms with E-state index in [2.05, 4.69) is 77.1 Å². The summed E-state index contributed by atoms with van der Waals surface area (Å²) in [6.45, 7) is 28.9. The molecule has 0 saturated carbocycles. The molecule has 0 unspecified atom stereocenters. The van der Waals surface area contributed by atoms with Crippen molar-refractivity contribution in [1.29, 1.82) is 0 Å². The Kier molecular flexibility index (Phi) is 18.4. The predicted molar refractivity (Wildman–Crippen MR) is 137 cm³/mol. The van der Waals surface area contributed by atoms with E-state index in [4.69, 9.17) is 0 Å². The van der Waals surface area contributed by atoms with Gasteiger partial charge in [0.2, 0.25) is 0 Å². The molecule has 182 valence electrons. The minimum atomic E-state index is 0.809. The topological polar surface area (TPSA) is 9.72 Å². The van der Waals surface area contributed by atoms with Crippen molar-refractivity contribution in [2.24, 2.45) is 23.7 Å². The van der Waals surface area contributed by atoms with Gasteiger partial charge in [-0.1, -0.05) is 55.4 Å². The normalized spacial score (nSPS) is 12.8. The van der Waals surface area contributed by atoms with Crippen LogP contribution in [0.3, 0.4) is 0 Å². The zero-order valence-corrected chi connectivity index (χ0v) is 22.6. The molecule has 0 aliphatic heterocycles. The molecule has 0 fully saturated rings. The molecule has 3 heteroatoms. The highest BCUT2D eigenvalue weighted by Crippen LogP contribution is 2.09. The molecule has 0 aromatic rings. The van der Waals surface area contributed by atoms with Crippen LogP contribution in [0.25, 0.3) is 0 Å². The lowest BCUT2D eigenvalue weighted by atomic mass is 10.1. The third-order valence-corrected chi connectivity index (χ3v) is 6.12. The first-order chi connectivity index (χ1) is 14.1. The number of nitrogens with zero attached hydrogens (tertiary/aromatic N) is 3. The minimum Gasteiger partial charge on any atom is -0.306 e. The van der Waals surface area contributed by atoms with Crippen LogP contribution in [0.1, 0.15) is 93.9 Å². The molecule has 0 bridgehead atoms. The van der Waals surface area contributed by atoms with Crippen LogP contribution >= 0.6 is 0 Å². The Bertz CT molecular complexity index is 307. The zero-order valence-electron chi connectivity index (χ0n) is 22.6. The zero-order chi connectivity index (χ0) is 22.9. The van der Waals surface area contributed by atoms with E-state index in [9.17, 15) is 0 Å². The van der Waals surface area contributed by atoms with Gasteiger partial charge in [0, 0.05) is 0 Å². The van der Waals surface area contributed by atoms with Crippen molar-refractivity contribution < 1.29 is 0 Å². The summed E-state index contributed by atoms with van der Waals surface area (Å²) < 4.78 is 0. The van der Waals surface area contributed by atoms with Gasteiger partial charge in [0.25, 0.3) is 0 Å². The Labute approximate surface area is 192 Å². The maximum Gasteiger partial charge on any atom is -0.000655 e. The number of hydrogen-bond acceptors (Lipinski definition) is 3. The fraction of sp³-hybridized carbons (Fsp3) is 1.00. The lowest BCUT2D eigenvalue weighted by Crippen LogP contribution is -2.33. The van der Waals surface area contributed by atoms with Crippen molar-refractivity contribution in [2.75, 3.05) is 59.4 Å². The average Bonchev–Trinajstić information content (AvgIpc) is 2.64. The molecule has 0 aliphatic rings. The van der Waals surface area contributed by atoms with Gasteiger partial charge in [-0.25, -0.2) is 0 Å². The molecule has 0 rings (SSSR count). The molecule has 30 heavy (non-hydrogen) atoms. The van der Waals surface area contributed by atoms with E-state index in [0.29, 0.717) is 0 Å². The molecule has 0 amide bonds. The van der Waals surface area contributed by atoms with Crippen molar-refractivity contribution >= 4 is 0 Å². The van der Waals surface area contributed by atoms with Crippen LogP contribution in [0.5, 0.6) is 0 Å². The number of hydrogen-bond donors (Lipinski definition) is 0. The maximum atomic E-state index is 2.72. The predicted octanol–water partition coefficient (Wildman–Crippen LogP) is 6.49. The van der Waals surface area contributed by atoms with E-state index in [1.165, 1.54) is 90.9 Å². The summed E-state index contributed by atoms with van der Waals surface area (Å²) in [5.74, 6) is 3.24. The second kappa shape index (κ2) is 18.5. The molecule has 0 aliphatic carbocycles. The largest absolute Gasteiger partial charge is 0.306 e. The summed E-state index contributed by atoms with van der Waals surface area (Å²) in [7, 11) is 2.32. The molecule has 3 nitrogen and oxygen atoms in total. The summed E-state index contributed by atoms with van der Waals surface area (Å²) in [5.41, 5.74) is 0. The highest BCUT2D eigenvalue weighted by Gasteiger charge is 2.10. The summed E-state index contributed by atoms with van der Waals surface area (Å²) >= 11 is 0. The Hall–Kier alpha value is -0.120. The molecule has 0 atom stereocenters. The lowest BCUT2D eigenvalue weighted by molar-refractivity contribution is 0.209. The third kappa shape index (κ3) is 19.8. The van der Waals surface area contributed by atoms with Crippen LogP contribution in [0, 0.1) is 23.7 Å². The van der Waals surface area contributed by atoms with Crippen molar-refractivity contribution in [3.05, 3.63) is 0 Å². The van der Waals surface area contributed by atoms with Crippen LogP contribution in [0.2, 0.25) is 0 Å². The highest BCUT2D eigenvalue weighted by molar-refractivity contribution is 4.65. The molecule has 0 N–H and O–H groups in total. The summed E-state index contributed by atoms with van der Waals surface area (Å²) in [6.07, 6.45) is 7.92. The Morgan fingerprint density at radius 3 is 0.900 bits per heavy atom.